The molecule has 2 rings (SSSR count). The number of hydrogen-bond donors (Lipinski definition) is 1. The van der Waals surface area contributed by atoms with Crippen molar-refractivity contribution >= 4 is 17.2 Å². The third kappa shape index (κ3) is 1.31. The zero-order valence-corrected chi connectivity index (χ0v) is 8.24. The first-order valence-corrected chi connectivity index (χ1v) is 4.65. The average molecular weight is 188 g/mol. The Kier molecular flexibility index (Phi) is 2.08. The minimum atomic E-state index is 0.391. The Balaban J connectivity index is 2.69. The highest BCUT2D eigenvalue weighted by Gasteiger charge is 2.08. The predicted molar refractivity (Wildman–Crippen MR) is 55.6 cm³/mol. The summed E-state index contributed by atoms with van der Waals surface area (Å²) in [6.45, 7) is 4.20. The number of carbonyl (C=O) groups is 1. The van der Waals surface area contributed by atoms with Crippen LogP contribution in [0.1, 0.15) is 35.8 Å². The Morgan fingerprint density at radius 2 is 2.21 bits per heavy atom. The van der Waals surface area contributed by atoms with Gasteiger partial charge in [-0.15, -0.1) is 0 Å². The molecule has 1 aromatic heterocycles. The normalized spacial score (nSPS) is 11.1. The number of nitrogens with zero attached hydrogens (tertiary/aromatic N) is 1. The summed E-state index contributed by atoms with van der Waals surface area (Å²) in [5.41, 5.74) is 2.70. The molecule has 3 heteroatoms. The van der Waals surface area contributed by atoms with E-state index in [1.54, 1.807) is 6.07 Å². The number of fused-ring (bicyclic) bond motifs is 1. The van der Waals surface area contributed by atoms with Gasteiger partial charge in [-0.05, 0) is 24.1 Å². The predicted octanol–water partition coefficient (Wildman–Crippen LogP) is 2.50. The van der Waals surface area contributed by atoms with Crippen molar-refractivity contribution < 1.29 is 4.79 Å². The number of aromatic nitrogens is 2. The molecule has 0 atom stereocenters. The average Bonchev–Trinajstić information content (AvgIpc) is 2.59. The lowest BCUT2D eigenvalue weighted by Crippen LogP contribution is -1.88. The zero-order valence-electron chi connectivity index (χ0n) is 8.24. The summed E-state index contributed by atoms with van der Waals surface area (Å²) in [5, 5.41) is 8.22. The van der Waals surface area contributed by atoms with Crippen molar-refractivity contribution in [1.82, 2.24) is 10.2 Å². The van der Waals surface area contributed by atoms with Crippen LogP contribution >= 0.6 is 0 Å². The molecule has 0 aliphatic rings. The molecule has 1 N–H and O–H groups in total. The fourth-order valence-electron chi connectivity index (χ4n) is 1.56. The Labute approximate surface area is 82.1 Å². The van der Waals surface area contributed by atoms with Gasteiger partial charge in [0.15, 0.2) is 0 Å². The third-order valence-corrected chi connectivity index (χ3v) is 2.32. The van der Waals surface area contributed by atoms with Crippen molar-refractivity contribution in [3.8, 4) is 0 Å². The quantitative estimate of drug-likeness (QED) is 0.736. The van der Waals surface area contributed by atoms with Crippen LogP contribution in [0.25, 0.3) is 10.9 Å². The first-order chi connectivity index (χ1) is 6.72. The lowest BCUT2D eigenvalue weighted by molar-refractivity contribution is 0.112. The van der Waals surface area contributed by atoms with Gasteiger partial charge in [0, 0.05) is 16.6 Å². The number of H-pyrrole nitrogens is 1. The minimum absolute atomic E-state index is 0.391. The molecule has 3 nitrogen and oxygen atoms in total. The van der Waals surface area contributed by atoms with Gasteiger partial charge >= 0.3 is 0 Å². The van der Waals surface area contributed by atoms with E-state index in [4.69, 9.17) is 0 Å². The molecule has 0 amide bonds. The number of benzene rings is 1. The van der Waals surface area contributed by atoms with E-state index in [-0.39, 0.29) is 0 Å². The Hall–Kier alpha value is -1.64. The topological polar surface area (TPSA) is 45.8 Å². The second-order valence-electron chi connectivity index (χ2n) is 3.69. The molecule has 1 heterocycles. The molecule has 0 spiro atoms. The molecule has 72 valence electrons. The van der Waals surface area contributed by atoms with Crippen LogP contribution in [0.2, 0.25) is 0 Å². The summed E-state index contributed by atoms with van der Waals surface area (Å²) in [6, 6.07) is 5.52. The van der Waals surface area contributed by atoms with Gasteiger partial charge in [-0.3, -0.25) is 9.89 Å². The zero-order chi connectivity index (χ0) is 10.1. The van der Waals surface area contributed by atoms with E-state index < -0.39 is 0 Å². The monoisotopic (exact) mass is 188 g/mol. The Bertz CT molecular complexity index is 471. The molecule has 0 fully saturated rings. The molecule has 2 aromatic rings. The first-order valence-electron chi connectivity index (χ1n) is 4.65. The van der Waals surface area contributed by atoms with Crippen LogP contribution in [0.15, 0.2) is 18.2 Å². The van der Waals surface area contributed by atoms with Crippen LogP contribution in [-0.4, -0.2) is 16.5 Å². The largest absolute Gasteiger partial charge is 0.298 e. The molecule has 0 saturated carbocycles. The SMILES string of the molecule is CC(C)c1[nH]nc2ccc(C=O)cc12. The summed E-state index contributed by atoms with van der Waals surface area (Å²) >= 11 is 0. The van der Waals surface area contributed by atoms with Gasteiger partial charge in [0.05, 0.1) is 5.52 Å². The molecule has 0 aliphatic carbocycles. The second kappa shape index (κ2) is 3.25. The lowest BCUT2D eigenvalue weighted by atomic mass is 10.0. The summed E-state index contributed by atoms with van der Waals surface area (Å²) < 4.78 is 0. The summed E-state index contributed by atoms with van der Waals surface area (Å²) in [7, 11) is 0. The van der Waals surface area contributed by atoms with Crippen LogP contribution in [0.4, 0.5) is 0 Å². The standard InChI is InChI=1S/C11H12N2O/c1-7(2)11-9-5-8(6-14)3-4-10(9)12-13-11/h3-7H,1-2H3,(H,12,13). The van der Waals surface area contributed by atoms with Crippen LogP contribution in [0.3, 0.4) is 0 Å². The van der Waals surface area contributed by atoms with Gasteiger partial charge in [-0.1, -0.05) is 13.8 Å². The van der Waals surface area contributed by atoms with Crippen LogP contribution in [0, 0.1) is 0 Å². The maximum absolute atomic E-state index is 10.6. The maximum Gasteiger partial charge on any atom is 0.150 e. The molecule has 0 aliphatic heterocycles. The Morgan fingerprint density at radius 3 is 2.86 bits per heavy atom. The van der Waals surface area contributed by atoms with E-state index in [0.29, 0.717) is 11.5 Å². The van der Waals surface area contributed by atoms with Crippen molar-refractivity contribution in [2.75, 3.05) is 0 Å². The fraction of sp³-hybridized carbons (Fsp3) is 0.273. The number of hydrogen-bond acceptors (Lipinski definition) is 2. The van der Waals surface area contributed by atoms with Crippen molar-refractivity contribution in [1.29, 1.82) is 0 Å². The van der Waals surface area contributed by atoms with Gasteiger partial charge in [-0.25, -0.2) is 0 Å². The highest BCUT2D eigenvalue weighted by Crippen LogP contribution is 2.23. The maximum atomic E-state index is 10.6. The van der Waals surface area contributed by atoms with E-state index >= 15 is 0 Å². The number of aromatic amines is 1. The highest BCUT2D eigenvalue weighted by atomic mass is 16.1. The first kappa shape index (κ1) is 8.94. The van der Waals surface area contributed by atoms with E-state index in [1.165, 1.54) is 0 Å². The van der Waals surface area contributed by atoms with Crippen LogP contribution in [-0.2, 0) is 0 Å². The van der Waals surface area contributed by atoms with Crippen molar-refractivity contribution in [2.24, 2.45) is 0 Å². The number of aldehydes is 1. The number of rotatable bonds is 2. The molecule has 1 aromatic carbocycles. The van der Waals surface area contributed by atoms with Gasteiger partial charge in [0.1, 0.15) is 6.29 Å². The molecule has 0 radical (unpaired) electrons. The Morgan fingerprint density at radius 1 is 1.43 bits per heavy atom. The molecule has 0 saturated heterocycles. The lowest BCUT2D eigenvalue weighted by Gasteiger charge is -2.00. The van der Waals surface area contributed by atoms with Gasteiger partial charge in [-0.2, -0.15) is 5.10 Å². The van der Waals surface area contributed by atoms with Gasteiger partial charge in [0.2, 0.25) is 0 Å². The fourth-order valence-corrected chi connectivity index (χ4v) is 1.56. The minimum Gasteiger partial charge on any atom is -0.298 e. The molecule has 0 unspecified atom stereocenters. The van der Waals surface area contributed by atoms with E-state index in [1.807, 2.05) is 12.1 Å². The molecule has 14 heavy (non-hydrogen) atoms. The molecular weight excluding hydrogens is 176 g/mol. The third-order valence-electron chi connectivity index (χ3n) is 2.32. The highest BCUT2D eigenvalue weighted by molar-refractivity contribution is 5.88. The van der Waals surface area contributed by atoms with E-state index in [2.05, 4.69) is 24.0 Å². The van der Waals surface area contributed by atoms with Crippen LogP contribution in [0.5, 0.6) is 0 Å². The van der Waals surface area contributed by atoms with Crippen molar-refractivity contribution in [2.45, 2.75) is 19.8 Å². The number of carbonyl (C=O) groups excluding carboxylic acids is 1. The van der Waals surface area contributed by atoms with Crippen LogP contribution < -0.4 is 0 Å². The summed E-state index contributed by atoms with van der Waals surface area (Å²) in [4.78, 5) is 10.6. The van der Waals surface area contributed by atoms with Crippen molar-refractivity contribution in [3.05, 3.63) is 29.5 Å². The summed E-state index contributed by atoms with van der Waals surface area (Å²) in [5.74, 6) is 0.391. The smallest absolute Gasteiger partial charge is 0.150 e. The second-order valence-corrected chi connectivity index (χ2v) is 3.69. The molecular formula is C11H12N2O. The van der Waals surface area contributed by atoms with E-state index in [0.717, 1.165) is 22.9 Å². The van der Waals surface area contributed by atoms with Gasteiger partial charge < -0.3 is 0 Å². The van der Waals surface area contributed by atoms with Gasteiger partial charge in [0.25, 0.3) is 0 Å². The summed E-state index contributed by atoms with van der Waals surface area (Å²) in [6.07, 6.45) is 0.858. The number of nitrogens with one attached hydrogen (secondary N) is 1. The molecule has 0 bridgehead atoms. The van der Waals surface area contributed by atoms with Crippen molar-refractivity contribution in [3.63, 3.8) is 0 Å². The van der Waals surface area contributed by atoms with E-state index in [9.17, 15) is 4.79 Å².